The van der Waals surface area contributed by atoms with E-state index in [0.717, 1.165) is 0 Å². The highest BCUT2D eigenvalue weighted by molar-refractivity contribution is 5.16. The molecule has 1 aromatic heterocycles. The first-order chi connectivity index (χ1) is 5.15. The highest BCUT2D eigenvalue weighted by Crippen LogP contribution is 1.94. The molecule has 1 heterocycles. The van der Waals surface area contributed by atoms with Crippen molar-refractivity contribution in [2.75, 3.05) is 0 Å². The van der Waals surface area contributed by atoms with E-state index in [1.165, 1.54) is 11.1 Å². The van der Waals surface area contributed by atoms with E-state index in [1.807, 2.05) is 0 Å². The monoisotopic (exact) mass is 157 g/mol. The van der Waals surface area contributed by atoms with Crippen molar-refractivity contribution in [1.82, 2.24) is 9.97 Å². The Balaban J connectivity index is 3.47. The van der Waals surface area contributed by atoms with Crippen LogP contribution in [0.4, 0.5) is 8.78 Å². The van der Waals surface area contributed by atoms with Gasteiger partial charge in [-0.2, -0.15) is 19.0 Å². The Morgan fingerprint density at radius 1 is 1.55 bits per heavy atom. The quantitative estimate of drug-likeness (QED) is 0.572. The predicted molar refractivity (Wildman–Crippen MR) is 29.5 cm³/mol. The molecule has 56 valence electrons. The van der Waals surface area contributed by atoms with Crippen LogP contribution < -0.4 is 5.56 Å². The van der Waals surface area contributed by atoms with Crippen molar-refractivity contribution in [3.63, 3.8) is 0 Å². The first kappa shape index (κ1) is 7.34. The number of H-pyrrole nitrogens is 1. The van der Waals surface area contributed by atoms with Gasteiger partial charge in [-0.25, -0.2) is 0 Å². The van der Waals surface area contributed by atoms with E-state index in [4.69, 9.17) is 5.26 Å². The van der Waals surface area contributed by atoms with Crippen LogP contribution in [0.5, 0.6) is 0 Å². The summed E-state index contributed by atoms with van der Waals surface area (Å²) in [7, 11) is 0. The van der Waals surface area contributed by atoms with Crippen molar-refractivity contribution in [2.45, 2.75) is 0 Å². The van der Waals surface area contributed by atoms with Gasteiger partial charge < -0.3 is 0 Å². The molecule has 0 saturated heterocycles. The Bertz CT molecular complexity index is 378. The van der Waals surface area contributed by atoms with Gasteiger partial charge in [0.25, 0.3) is 5.95 Å². The standard InChI is InChI=1S/C5HF2N3O/c6-3-2(1-8)9-4(7)5(11)10-3/h(H,10,11). The number of aromatic nitrogens is 2. The van der Waals surface area contributed by atoms with Gasteiger partial charge in [0, 0.05) is 0 Å². The third-order valence-corrected chi connectivity index (χ3v) is 0.934. The molecule has 0 spiro atoms. The molecule has 1 rings (SSSR count). The molecular formula is C5HF2N3O. The maximum absolute atomic E-state index is 12.3. The number of halogens is 2. The number of nitrogens with one attached hydrogen (secondary N) is 1. The summed E-state index contributed by atoms with van der Waals surface area (Å²) in [5, 5.41) is 8.09. The van der Waals surface area contributed by atoms with Crippen LogP contribution in [0.1, 0.15) is 5.69 Å². The van der Waals surface area contributed by atoms with E-state index in [9.17, 15) is 13.6 Å². The molecule has 11 heavy (non-hydrogen) atoms. The molecule has 0 aliphatic carbocycles. The number of nitrogens with zero attached hydrogens (tertiary/aromatic N) is 2. The van der Waals surface area contributed by atoms with Crippen molar-refractivity contribution in [3.8, 4) is 6.07 Å². The summed E-state index contributed by atoms with van der Waals surface area (Å²) >= 11 is 0. The van der Waals surface area contributed by atoms with Gasteiger partial charge in [0.15, 0.2) is 5.69 Å². The number of hydrogen-bond acceptors (Lipinski definition) is 3. The smallest absolute Gasteiger partial charge is 0.292 e. The van der Waals surface area contributed by atoms with Crippen LogP contribution in [0.15, 0.2) is 4.79 Å². The SMILES string of the molecule is N#Cc1nc(F)c(=O)[nH]c1F. The Labute approximate surface area is 59.1 Å². The number of hydrogen-bond donors (Lipinski definition) is 1. The molecule has 0 bridgehead atoms. The summed E-state index contributed by atoms with van der Waals surface area (Å²) in [5.74, 6) is -2.64. The van der Waals surface area contributed by atoms with Gasteiger partial charge in [0.1, 0.15) is 6.07 Å². The molecule has 1 aromatic rings. The lowest BCUT2D eigenvalue weighted by Crippen LogP contribution is -2.16. The lowest BCUT2D eigenvalue weighted by Gasteiger charge is -1.89. The van der Waals surface area contributed by atoms with Crippen molar-refractivity contribution < 1.29 is 8.78 Å². The van der Waals surface area contributed by atoms with Gasteiger partial charge in [-0.3, -0.25) is 9.78 Å². The fourth-order valence-electron chi connectivity index (χ4n) is 0.483. The number of aromatic amines is 1. The Morgan fingerprint density at radius 3 is 2.73 bits per heavy atom. The van der Waals surface area contributed by atoms with E-state index in [2.05, 4.69) is 4.98 Å². The molecule has 0 unspecified atom stereocenters. The highest BCUT2D eigenvalue weighted by atomic mass is 19.1. The van der Waals surface area contributed by atoms with Crippen LogP contribution >= 0.6 is 0 Å². The summed E-state index contributed by atoms with van der Waals surface area (Å²) in [6.07, 6.45) is 0. The fourth-order valence-corrected chi connectivity index (χ4v) is 0.483. The van der Waals surface area contributed by atoms with Gasteiger partial charge in [0.05, 0.1) is 0 Å². The van der Waals surface area contributed by atoms with Crippen molar-refractivity contribution in [2.24, 2.45) is 0 Å². The second-order valence-corrected chi connectivity index (χ2v) is 1.63. The summed E-state index contributed by atoms with van der Waals surface area (Å²) < 4.78 is 24.5. The molecule has 0 radical (unpaired) electrons. The van der Waals surface area contributed by atoms with Crippen molar-refractivity contribution in [1.29, 1.82) is 5.26 Å². The zero-order valence-electron chi connectivity index (χ0n) is 5.06. The average Bonchev–Trinajstić information content (AvgIpc) is 1.97. The topological polar surface area (TPSA) is 69.5 Å². The average molecular weight is 157 g/mol. The van der Waals surface area contributed by atoms with E-state index in [1.54, 1.807) is 0 Å². The van der Waals surface area contributed by atoms with E-state index >= 15 is 0 Å². The van der Waals surface area contributed by atoms with Crippen LogP contribution in [-0.4, -0.2) is 9.97 Å². The first-order valence-electron chi connectivity index (χ1n) is 2.50. The highest BCUT2D eigenvalue weighted by Gasteiger charge is 2.07. The number of nitriles is 1. The Hall–Kier alpha value is -1.77. The molecule has 6 heteroatoms. The van der Waals surface area contributed by atoms with E-state index < -0.39 is 23.1 Å². The molecular weight excluding hydrogens is 156 g/mol. The Kier molecular flexibility index (Phi) is 1.64. The molecule has 0 aromatic carbocycles. The largest absolute Gasteiger partial charge is 0.305 e. The zero-order valence-corrected chi connectivity index (χ0v) is 5.06. The number of rotatable bonds is 0. The van der Waals surface area contributed by atoms with Crippen LogP contribution in [0.2, 0.25) is 0 Å². The molecule has 0 aliphatic heterocycles. The fraction of sp³-hybridized carbons (Fsp3) is 0. The molecule has 0 atom stereocenters. The Morgan fingerprint density at radius 2 is 2.18 bits per heavy atom. The summed E-state index contributed by atoms with van der Waals surface area (Å²) in [6.45, 7) is 0. The second-order valence-electron chi connectivity index (χ2n) is 1.63. The van der Waals surface area contributed by atoms with E-state index in [-0.39, 0.29) is 0 Å². The van der Waals surface area contributed by atoms with Crippen LogP contribution in [0.25, 0.3) is 0 Å². The van der Waals surface area contributed by atoms with Gasteiger partial charge >= 0.3 is 5.56 Å². The third-order valence-electron chi connectivity index (χ3n) is 0.934. The second kappa shape index (κ2) is 2.46. The molecule has 0 aliphatic rings. The van der Waals surface area contributed by atoms with Crippen LogP contribution in [0, 0.1) is 23.2 Å². The maximum Gasteiger partial charge on any atom is 0.305 e. The summed E-state index contributed by atoms with van der Waals surface area (Å²) in [6, 6.07) is 1.27. The van der Waals surface area contributed by atoms with Gasteiger partial charge in [-0.15, -0.1) is 0 Å². The minimum atomic E-state index is -1.41. The van der Waals surface area contributed by atoms with Crippen molar-refractivity contribution >= 4 is 0 Å². The van der Waals surface area contributed by atoms with Crippen LogP contribution in [0.3, 0.4) is 0 Å². The van der Waals surface area contributed by atoms with Gasteiger partial charge in [0.2, 0.25) is 5.95 Å². The minimum absolute atomic E-state index is 0.762. The summed E-state index contributed by atoms with van der Waals surface area (Å²) in [4.78, 5) is 14.5. The normalized spacial score (nSPS) is 9.18. The zero-order chi connectivity index (χ0) is 8.43. The van der Waals surface area contributed by atoms with Gasteiger partial charge in [-0.05, 0) is 0 Å². The molecule has 4 nitrogen and oxygen atoms in total. The maximum atomic E-state index is 12.3. The molecule has 0 fully saturated rings. The van der Waals surface area contributed by atoms with Crippen molar-refractivity contribution in [3.05, 3.63) is 27.9 Å². The summed E-state index contributed by atoms with van der Waals surface area (Å²) in [5.41, 5.74) is -2.04. The third kappa shape index (κ3) is 1.21. The molecule has 1 N–H and O–H groups in total. The minimum Gasteiger partial charge on any atom is -0.292 e. The lowest BCUT2D eigenvalue weighted by molar-refractivity contribution is 0.511. The molecule has 0 amide bonds. The first-order valence-corrected chi connectivity index (χ1v) is 2.50. The van der Waals surface area contributed by atoms with Gasteiger partial charge in [-0.1, -0.05) is 0 Å². The van der Waals surface area contributed by atoms with Crippen LogP contribution in [-0.2, 0) is 0 Å². The predicted octanol–water partition coefficient (Wildman–Crippen LogP) is -0.0802. The molecule has 0 saturated carbocycles. The van der Waals surface area contributed by atoms with E-state index in [0.29, 0.717) is 0 Å². The lowest BCUT2D eigenvalue weighted by atomic mass is 10.5.